The zero-order valence-corrected chi connectivity index (χ0v) is 10.9. The largest absolute Gasteiger partial charge is 0.386 e. The van der Waals surface area contributed by atoms with Gasteiger partial charge in [-0.1, -0.05) is 15.9 Å². The number of rotatable bonds is 3. The van der Waals surface area contributed by atoms with E-state index in [0.717, 1.165) is 23.4 Å². The lowest BCUT2D eigenvalue weighted by molar-refractivity contribution is 0.640. The van der Waals surface area contributed by atoms with Crippen LogP contribution in [0.4, 0.5) is 5.69 Å². The molecule has 0 unspecified atom stereocenters. The van der Waals surface area contributed by atoms with Gasteiger partial charge in [-0.05, 0) is 30.3 Å². The third-order valence-electron chi connectivity index (χ3n) is 2.76. The lowest BCUT2D eigenvalue weighted by Gasteiger charge is -2.22. The van der Waals surface area contributed by atoms with Gasteiger partial charge in [0.2, 0.25) is 0 Å². The molecule has 0 amide bonds. The van der Waals surface area contributed by atoms with E-state index in [2.05, 4.69) is 63.5 Å². The number of halogens is 1. The number of nitrogens with two attached hydrogens (primary N) is 1. The molecule has 1 aromatic carbocycles. The SMILES string of the molecule is CN(C[C@H]1C=C(N)NC1)c1ccc(Br)cc1. The molecule has 0 fully saturated rings. The summed E-state index contributed by atoms with van der Waals surface area (Å²) in [5.41, 5.74) is 6.91. The third-order valence-corrected chi connectivity index (χ3v) is 3.29. The Hall–Kier alpha value is -1.16. The van der Waals surface area contributed by atoms with Crippen molar-refractivity contribution >= 4 is 21.6 Å². The summed E-state index contributed by atoms with van der Waals surface area (Å²) < 4.78 is 1.11. The summed E-state index contributed by atoms with van der Waals surface area (Å²) >= 11 is 3.44. The second kappa shape index (κ2) is 4.78. The minimum atomic E-state index is 0.494. The molecular formula is C12H16BrN3. The second-order valence-corrected chi connectivity index (χ2v) is 5.04. The van der Waals surface area contributed by atoms with Crippen LogP contribution >= 0.6 is 15.9 Å². The first-order valence-electron chi connectivity index (χ1n) is 5.33. The van der Waals surface area contributed by atoms with Crippen LogP contribution < -0.4 is 16.0 Å². The first kappa shape index (κ1) is 11.3. The smallest absolute Gasteiger partial charge is 0.0923 e. The molecule has 4 heteroatoms. The molecule has 1 heterocycles. The third kappa shape index (κ3) is 2.70. The van der Waals surface area contributed by atoms with Gasteiger partial charge in [-0.3, -0.25) is 0 Å². The van der Waals surface area contributed by atoms with Gasteiger partial charge in [-0.15, -0.1) is 0 Å². The Morgan fingerprint density at radius 2 is 2.12 bits per heavy atom. The Morgan fingerprint density at radius 3 is 2.69 bits per heavy atom. The van der Waals surface area contributed by atoms with Gasteiger partial charge in [0.25, 0.3) is 0 Å². The van der Waals surface area contributed by atoms with Crippen molar-refractivity contribution < 1.29 is 0 Å². The molecular weight excluding hydrogens is 266 g/mol. The van der Waals surface area contributed by atoms with E-state index in [1.807, 2.05) is 0 Å². The maximum atomic E-state index is 5.68. The first-order valence-corrected chi connectivity index (χ1v) is 6.12. The molecule has 0 aromatic heterocycles. The number of anilines is 1. The van der Waals surface area contributed by atoms with E-state index in [9.17, 15) is 0 Å². The van der Waals surface area contributed by atoms with Crippen molar-refractivity contribution in [2.75, 3.05) is 25.0 Å². The van der Waals surface area contributed by atoms with Crippen molar-refractivity contribution in [2.45, 2.75) is 0 Å². The highest BCUT2D eigenvalue weighted by Crippen LogP contribution is 2.19. The van der Waals surface area contributed by atoms with Crippen LogP contribution in [0.1, 0.15) is 0 Å². The molecule has 0 radical (unpaired) electrons. The van der Waals surface area contributed by atoms with E-state index in [1.165, 1.54) is 5.69 Å². The molecule has 1 aliphatic rings. The average molecular weight is 282 g/mol. The molecule has 0 aliphatic carbocycles. The fourth-order valence-electron chi connectivity index (χ4n) is 1.89. The van der Waals surface area contributed by atoms with Crippen molar-refractivity contribution in [1.29, 1.82) is 0 Å². The number of hydrogen-bond donors (Lipinski definition) is 2. The summed E-state index contributed by atoms with van der Waals surface area (Å²) in [6.45, 7) is 1.92. The Morgan fingerprint density at radius 1 is 1.44 bits per heavy atom. The van der Waals surface area contributed by atoms with Crippen LogP contribution in [0.3, 0.4) is 0 Å². The predicted octanol–water partition coefficient (Wildman–Crippen LogP) is 1.90. The van der Waals surface area contributed by atoms with E-state index < -0.39 is 0 Å². The molecule has 16 heavy (non-hydrogen) atoms. The highest BCUT2D eigenvalue weighted by molar-refractivity contribution is 9.10. The summed E-state index contributed by atoms with van der Waals surface area (Å²) in [7, 11) is 2.10. The van der Waals surface area contributed by atoms with Crippen molar-refractivity contribution in [3.63, 3.8) is 0 Å². The quantitative estimate of drug-likeness (QED) is 0.889. The molecule has 3 nitrogen and oxygen atoms in total. The maximum absolute atomic E-state index is 5.68. The standard InChI is InChI=1S/C12H16BrN3/c1-16(8-9-6-12(14)15-7-9)11-4-2-10(13)3-5-11/h2-6,9,15H,7-8,14H2,1H3/t9-/m0/s1. The van der Waals surface area contributed by atoms with Crippen LogP contribution in [0, 0.1) is 5.92 Å². The Kier molecular flexibility index (Phi) is 3.39. The maximum Gasteiger partial charge on any atom is 0.0923 e. The number of nitrogens with one attached hydrogen (secondary N) is 1. The number of benzene rings is 1. The molecule has 1 atom stereocenters. The number of nitrogens with zero attached hydrogens (tertiary/aromatic N) is 1. The molecule has 0 bridgehead atoms. The van der Waals surface area contributed by atoms with E-state index >= 15 is 0 Å². The van der Waals surface area contributed by atoms with Crippen molar-refractivity contribution in [3.8, 4) is 0 Å². The predicted molar refractivity (Wildman–Crippen MR) is 71.2 cm³/mol. The minimum absolute atomic E-state index is 0.494. The Balaban J connectivity index is 1.97. The van der Waals surface area contributed by atoms with Gasteiger partial charge in [-0.2, -0.15) is 0 Å². The molecule has 0 saturated carbocycles. The van der Waals surface area contributed by atoms with Gasteiger partial charge in [0, 0.05) is 36.2 Å². The van der Waals surface area contributed by atoms with E-state index in [4.69, 9.17) is 5.73 Å². The summed E-state index contributed by atoms with van der Waals surface area (Å²) in [4.78, 5) is 2.24. The van der Waals surface area contributed by atoms with Crippen LogP contribution in [0.2, 0.25) is 0 Å². The molecule has 2 rings (SSSR count). The van der Waals surface area contributed by atoms with Gasteiger partial charge < -0.3 is 16.0 Å². The Bertz CT molecular complexity index is 386. The van der Waals surface area contributed by atoms with Gasteiger partial charge in [0.1, 0.15) is 0 Å². The van der Waals surface area contributed by atoms with Crippen molar-refractivity contribution in [3.05, 3.63) is 40.6 Å². The fourth-order valence-corrected chi connectivity index (χ4v) is 2.16. The van der Waals surface area contributed by atoms with Crippen molar-refractivity contribution in [1.82, 2.24) is 5.32 Å². The topological polar surface area (TPSA) is 41.3 Å². The van der Waals surface area contributed by atoms with E-state index in [0.29, 0.717) is 5.92 Å². The van der Waals surface area contributed by atoms with Crippen LogP contribution in [-0.2, 0) is 0 Å². The van der Waals surface area contributed by atoms with Gasteiger partial charge >= 0.3 is 0 Å². The van der Waals surface area contributed by atoms with Gasteiger partial charge in [-0.25, -0.2) is 0 Å². The second-order valence-electron chi connectivity index (χ2n) is 4.12. The van der Waals surface area contributed by atoms with Crippen LogP contribution in [0.15, 0.2) is 40.6 Å². The molecule has 1 aromatic rings. The van der Waals surface area contributed by atoms with Crippen LogP contribution in [0.5, 0.6) is 0 Å². The van der Waals surface area contributed by atoms with E-state index in [1.54, 1.807) is 0 Å². The van der Waals surface area contributed by atoms with Crippen LogP contribution in [0.25, 0.3) is 0 Å². The normalized spacial score (nSPS) is 19.1. The Labute approximate surface area is 104 Å². The lowest BCUT2D eigenvalue weighted by atomic mass is 10.1. The number of hydrogen-bond acceptors (Lipinski definition) is 3. The lowest BCUT2D eigenvalue weighted by Crippen LogP contribution is -2.27. The summed E-state index contributed by atoms with van der Waals surface area (Å²) in [6.07, 6.45) is 2.09. The first-order chi connectivity index (χ1) is 7.65. The molecule has 86 valence electrons. The van der Waals surface area contributed by atoms with Gasteiger partial charge in [0.15, 0.2) is 0 Å². The zero-order valence-electron chi connectivity index (χ0n) is 9.28. The summed E-state index contributed by atoms with van der Waals surface area (Å²) in [5.74, 6) is 1.29. The van der Waals surface area contributed by atoms with Gasteiger partial charge in [0.05, 0.1) is 5.82 Å². The molecule has 0 saturated heterocycles. The molecule has 0 spiro atoms. The zero-order chi connectivity index (χ0) is 11.5. The minimum Gasteiger partial charge on any atom is -0.386 e. The highest BCUT2D eigenvalue weighted by Gasteiger charge is 2.15. The summed E-state index contributed by atoms with van der Waals surface area (Å²) in [5, 5.41) is 3.14. The highest BCUT2D eigenvalue weighted by atomic mass is 79.9. The van der Waals surface area contributed by atoms with Crippen molar-refractivity contribution in [2.24, 2.45) is 11.7 Å². The fraction of sp³-hybridized carbons (Fsp3) is 0.333. The monoisotopic (exact) mass is 281 g/mol. The molecule has 3 N–H and O–H groups in total. The summed E-state index contributed by atoms with van der Waals surface area (Å²) in [6, 6.07) is 8.34. The average Bonchev–Trinajstić information content (AvgIpc) is 2.65. The van der Waals surface area contributed by atoms with Crippen LogP contribution in [-0.4, -0.2) is 20.1 Å². The molecule has 1 aliphatic heterocycles. The van der Waals surface area contributed by atoms with E-state index in [-0.39, 0.29) is 0 Å².